The minimum absolute atomic E-state index is 0.0667. The molecule has 0 radical (unpaired) electrons. The molecule has 0 aliphatic carbocycles. The van der Waals surface area contributed by atoms with Crippen LogP contribution in [0.2, 0.25) is 18.1 Å². The molecule has 0 aromatic rings. The topological polar surface area (TPSA) is 40.0 Å². The van der Waals surface area contributed by atoms with Crippen LogP contribution in [0, 0.1) is 0 Å². The SMILES string of the molecule is CC(C)(C)[Si](C)(C)OCCC(OC1CCCCO1)C1(Br)CSC(Br)=N1. The fourth-order valence-electron chi connectivity index (χ4n) is 2.57. The molecule has 0 aromatic carbocycles. The van der Waals surface area contributed by atoms with Crippen molar-refractivity contribution in [1.29, 1.82) is 0 Å². The van der Waals surface area contributed by atoms with Crippen LogP contribution in [-0.2, 0) is 13.9 Å². The fraction of sp³-hybridized carbons (Fsp3) is 0.941. The summed E-state index contributed by atoms with van der Waals surface area (Å²) in [6.07, 6.45) is 3.86. The Balaban J connectivity index is 1.99. The lowest BCUT2D eigenvalue weighted by molar-refractivity contribution is -0.194. The average molecular weight is 517 g/mol. The minimum atomic E-state index is -1.75. The van der Waals surface area contributed by atoms with Crippen LogP contribution in [0.4, 0.5) is 0 Å². The first-order valence-corrected chi connectivity index (χ1v) is 14.5. The molecular formula is C17H31Br2NO3SSi. The van der Waals surface area contributed by atoms with Crippen molar-refractivity contribution in [1.82, 2.24) is 0 Å². The van der Waals surface area contributed by atoms with Crippen LogP contribution in [0.3, 0.4) is 0 Å². The zero-order valence-corrected chi connectivity index (χ0v) is 20.9. The lowest BCUT2D eigenvalue weighted by atomic mass is 10.1. The molecular weight excluding hydrogens is 486 g/mol. The van der Waals surface area contributed by atoms with Gasteiger partial charge in [0.25, 0.3) is 0 Å². The second kappa shape index (κ2) is 9.05. The molecule has 3 unspecified atom stereocenters. The third kappa shape index (κ3) is 6.29. The van der Waals surface area contributed by atoms with Gasteiger partial charge in [-0.05, 0) is 59.7 Å². The summed E-state index contributed by atoms with van der Waals surface area (Å²) < 4.78 is 19.0. The van der Waals surface area contributed by atoms with Gasteiger partial charge in [-0.1, -0.05) is 48.5 Å². The molecule has 1 saturated heterocycles. The first-order valence-electron chi connectivity index (χ1n) is 9.02. The highest BCUT2D eigenvalue weighted by molar-refractivity contribution is 9.22. The molecule has 0 aromatic heterocycles. The molecule has 0 saturated carbocycles. The Morgan fingerprint density at radius 1 is 1.40 bits per heavy atom. The van der Waals surface area contributed by atoms with E-state index in [1.807, 2.05) is 0 Å². The number of halogens is 2. The molecule has 0 spiro atoms. The molecule has 0 N–H and O–H groups in total. The van der Waals surface area contributed by atoms with Crippen LogP contribution in [0.1, 0.15) is 46.5 Å². The van der Waals surface area contributed by atoms with E-state index in [4.69, 9.17) is 18.9 Å². The highest BCUT2D eigenvalue weighted by atomic mass is 79.9. The van der Waals surface area contributed by atoms with Crippen LogP contribution in [0.25, 0.3) is 0 Å². The normalized spacial score (nSPS) is 29.6. The summed E-state index contributed by atoms with van der Waals surface area (Å²) in [4.78, 5) is 4.74. The van der Waals surface area contributed by atoms with Crippen LogP contribution in [0.5, 0.6) is 0 Å². The number of hydrogen-bond donors (Lipinski definition) is 0. The van der Waals surface area contributed by atoms with Crippen LogP contribution in [0.15, 0.2) is 4.99 Å². The van der Waals surface area contributed by atoms with Gasteiger partial charge in [0.05, 0.1) is 6.10 Å². The van der Waals surface area contributed by atoms with Crippen LogP contribution >= 0.6 is 43.6 Å². The first kappa shape index (κ1) is 22.4. The van der Waals surface area contributed by atoms with E-state index >= 15 is 0 Å². The monoisotopic (exact) mass is 515 g/mol. The van der Waals surface area contributed by atoms with Gasteiger partial charge in [0.1, 0.15) is 3.95 Å². The highest BCUT2D eigenvalue weighted by Crippen LogP contribution is 2.42. The number of ether oxygens (including phenoxy) is 2. The van der Waals surface area contributed by atoms with Crippen LogP contribution in [-0.4, -0.2) is 48.1 Å². The molecule has 0 bridgehead atoms. The van der Waals surface area contributed by atoms with E-state index in [0.717, 1.165) is 42.0 Å². The zero-order valence-electron chi connectivity index (χ0n) is 15.9. The zero-order chi connectivity index (χ0) is 18.7. The molecule has 8 heteroatoms. The van der Waals surface area contributed by atoms with E-state index in [9.17, 15) is 0 Å². The van der Waals surface area contributed by atoms with Gasteiger partial charge in [0.2, 0.25) is 0 Å². The molecule has 0 amide bonds. The Morgan fingerprint density at radius 2 is 2.12 bits per heavy atom. The molecule has 2 aliphatic rings. The quantitative estimate of drug-likeness (QED) is 0.240. The van der Waals surface area contributed by atoms with E-state index in [-0.39, 0.29) is 17.4 Å². The molecule has 2 heterocycles. The molecule has 2 rings (SSSR count). The summed E-state index contributed by atoms with van der Waals surface area (Å²) in [6, 6.07) is 0. The lowest BCUT2D eigenvalue weighted by Gasteiger charge is -2.38. The summed E-state index contributed by atoms with van der Waals surface area (Å²) in [7, 11) is -1.75. The minimum Gasteiger partial charge on any atom is -0.417 e. The lowest BCUT2D eigenvalue weighted by Crippen LogP contribution is -2.45. The average Bonchev–Trinajstić information content (AvgIpc) is 2.86. The van der Waals surface area contributed by atoms with Gasteiger partial charge in [0.15, 0.2) is 19.1 Å². The highest BCUT2D eigenvalue weighted by Gasteiger charge is 2.43. The smallest absolute Gasteiger partial charge is 0.191 e. The third-order valence-electron chi connectivity index (χ3n) is 5.26. The van der Waals surface area contributed by atoms with Gasteiger partial charge in [-0.15, -0.1) is 0 Å². The standard InChI is InChI=1S/C17H31Br2NO3SSi/c1-16(2,3)25(4,5)22-11-9-13(17(19)12-24-15(18)20-17)23-14-8-6-7-10-21-14/h13-14H,6-12H2,1-5H3. The molecule has 4 nitrogen and oxygen atoms in total. The van der Waals surface area contributed by atoms with Crippen molar-refractivity contribution in [3.63, 3.8) is 0 Å². The van der Waals surface area contributed by atoms with E-state index in [1.165, 1.54) is 0 Å². The maximum atomic E-state index is 6.38. The summed E-state index contributed by atoms with van der Waals surface area (Å²) in [6.45, 7) is 12.9. The Kier molecular flexibility index (Phi) is 8.10. The largest absolute Gasteiger partial charge is 0.417 e. The number of hydrogen-bond acceptors (Lipinski definition) is 5. The van der Waals surface area contributed by atoms with Crippen molar-refractivity contribution >= 4 is 55.9 Å². The molecule has 25 heavy (non-hydrogen) atoms. The predicted molar refractivity (Wildman–Crippen MR) is 117 cm³/mol. The fourth-order valence-corrected chi connectivity index (χ4v) is 6.30. The van der Waals surface area contributed by atoms with E-state index in [2.05, 4.69) is 65.7 Å². The summed E-state index contributed by atoms with van der Waals surface area (Å²) >= 11 is 9.05. The molecule has 1 fully saturated rings. The summed E-state index contributed by atoms with van der Waals surface area (Å²) in [5.41, 5.74) is 0. The Hall–Kier alpha value is 1.08. The number of alkyl halides is 1. The maximum absolute atomic E-state index is 6.38. The van der Waals surface area contributed by atoms with Crippen molar-refractivity contribution in [2.45, 2.75) is 81.4 Å². The molecule has 2 aliphatic heterocycles. The maximum Gasteiger partial charge on any atom is 0.191 e. The Bertz CT molecular complexity index is 481. The van der Waals surface area contributed by atoms with Crippen molar-refractivity contribution in [2.75, 3.05) is 19.0 Å². The number of thioether (sulfide) groups is 1. The van der Waals surface area contributed by atoms with Gasteiger partial charge in [-0.2, -0.15) is 0 Å². The van der Waals surface area contributed by atoms with Crippen molar-refractivity contribution in [3.8, 4) is 0 Å². The first-order chi connectivity index (χ1) is 11.5. The summed E-state index contributed by atoms with van der Waals surface area (Å²) in [5.74, 6) is 0.852. The van der Waals surface area contributed by atoms with Gasteiger partial charge in [0, 0.05) is 19.0 Å². The number of rotatable bonds is 7. The van der Waals surface area contributed by atoms with E-state index < -0.39 is 12.8 Å². The summed E-state index contributed by atoms with van der Waals surface area (Å²) in [5, 5.41) is 0.215. The van der Waals surface area contributed by atoms with Gasteiger partial charge in [-0.3, -0.25) is 0 Å². The molecule has 146 valence electrons. The van der Waals surface area contributed by atoms with Crippen molar-refractivity contribution in [2.24, 2.45) is 4.99 Å². The van der Waals surface area contributed by atoms with E-state index in [0.29, 0.717) is 6.61 Å². The van der Waals surface area contributed by atoms with Crippen LogP contribution < -0.4 is 0 Å². The Labute approximate surface area is 174 Å². The second-order valence-corrected chi connectivity index (χ2v) is 16.7. The number of aliphatic imine (C=N–C) groups is 1. The van der Waals surface area contributed by atoms with Gasteiger partial charge in [-0.25, -0.2) is 4.99 Å². The van der Waals surface area contributed by atoms with Gasteiger partial charge >= 0.3 is 0 Å². The molecule has 3 atom stereocenters. The number of nitrogens with zero attached hydrogens (tertiary/aromatic N) is 1. The third-order valence-corrected chi connectivity index (χ3v) is 12.9. The predicted octanol–water partition coefficient (Wildman–Crippen LogP) is 5.90. The van der Waals surface area contributed by atoms with E-state index in [1.54, 1.807) is 11.8 Å². The van der Waals surface area contributed by atoms with Gasteiger partial charge < -0.3 is 13.9 Å². The second-order valence-electron chi connectivity index (χ2n) is 8.29. The van der Waals surface area contributed by atoms with Crippen molar-refractivity contribution in [3.05, 3.63) is 0 Å². The Morgan fingerprint density at radius 3 is 2.64 bits per heavy atom. The van der Waals surface area contributed by atoms with Crippen molar-refractivity contribution < 1.29 is 13.9 Å².